The van der Waals surface area contributed by atoms with E-state index in [1.165, 1.54) is 40.3 Å². The second-order valence-corrected chi connectivity index (χ2v) is 34.7. The van der Waals surface area contributed by atoms with E-state index in [9.17, 15) is 43.2 Å². The predicted octanol–water partition coefficient (Wildman–Crippen LogP) is 14.6. The van der Waals surface area contributed by atoms with E-state index < -0.39 is 111 Å². The number of aromatic amines is 1. The number of nitrogens with one attached hydrogen (secondary N) is 4. The second-order valence-electron chi connectivity index (χ2n) is 33.1. The molecule has 2 aliphatic heterocycles. The number of benzene rings is 8. The summed E-state index contributed by atoms with van der Waals surface area (Å²) in [5.41, 5.74) is 9.67. The maximum absolute atomic E-state index is 15.9. The zero-order valence-electron chi connectivity index (χ0n) is 75.8. The van der Waals surface area contributed by atoms with Gasteiger partial charge >= 0.3 is 31.9 Å². The minimum atomic E-state index is -4.87. The number of rotatable bonds is 41. The van der Waals surface area contributed by atoms with Gasteiger partial charge < -0.3 is 74.0 Å². The fraction of sp³-hybridized carbons (Fsp3) is 0.333. The molecule has 3 unspecified atom stereocenters. The van der Waals surface area contributed by atoms with Crippen molar-refractivity contribution < 1.29 is 99.1 Å². The number of nitrogens with zero attached hydrogens (tertiary/aromatic N) is 9. The number of anilines is 2. The normalized spacial score (nSPS) is 16.9. The molecule has 6 heterocycles. The zero-order valence-corrected chi connectivity index (χ0v) is 76.7. The SMILES string of the molecule is CCCOP(=O)(OC[C@H]1O[C@@H](n2cnc3c(=O)[nH]c(NC(=O)CCCN(C)C(=O)OCC4c5ccccc5-c5ccccc54)nc32)CC1OC(=O)CCC(C)=O)OC1C[C@H](n2cnc3c(NC(=O)c4ccc(CNC(=O)COC(=O)CCCN(C)C(=O)OCC5c6ccccc6-c6ccccc65)cc4)ncnc32)O[C@@H]1COC(c1ccccc1)(c1ccc(OC)cc1)c1ccc(OC)cc1.N. The van der Waals surface area contributed by atoms with Gasteiger partial charge in [0, 0.05) is 83.2 Å². The Morgan fingerprint density at radius 3 is 1.62 bits per heavy atom. The number of Topliss-reactive ketones (excluding diaryl/α,β-unsaturated/α-hetero) is 1. The number of ether oxygens (including phenoxy) is 9. The van der Waals surface area contributed by atoms with E-state index >= 15 is 4.57 Å². The number of phosphoric ester groups is 1. The Kier molecular flexibility index (Phi) is 31.1. The summed E-state index contributed by atoms with van der Waals surface area (Å²) in [5.74, 6) is -2.61. The largest absolute Gasteiger partial charge is 0.497 e. The number of fused-ring (bicyclic) bond motifs is 8. The molecule has 8 aromatic carbocycles. The number of carbonyl (C=O) groups is 8. The van der Waals surface area contributed by atoms with Crippen LogP contribution in [0.2, 0.25) is 0 Å². The van der Waals surface area contributed by atoms with Crippen molar-refractivity contribution in [3.8, 4) is 33.8 Å². The molecule has 0 spiro atoms. The Hall–Kier alpha value is -14.2. The Balaban J connectivity index is 0.0000141. The summed E-state index contributed by atoms with van der Waals surface area (Å²) in [7, 11) is 1.43. The molecule has 2 aliphatic carbocycles. The number of hydrogen-bond acceptors (Lipinski definition) is 28. The lowest BCUT2D eigenvalue weighted by molar-refractivity contribution is -0.153. The molecular formula is C99H105N14O22P. The third-order valence-corrected chi connectivity index (χ3v) is 25.6. The maximum Gasteiger partial charge on any atom is 0.475 e. The van der Waals surface area contributed by atoms with Crippen molar-refractivity contribution in [2.45, 2.75) is 132 Å². The Labute approximate surface area is 782 Å². The molecule has 7 atom stereocenters. The minimum absolute atomic E-state index is 0. The molecule has 7 N–H and O–H groups in total. The highest BCUT2D eigenvalue weighted by atomic mass is 31.2. The molecule has 36 nitrogen and oxygen atoms in total. The first-order valence-electron chi connectivity index (χ1n) is 44.5. The molecule has 2 fully saturated rings. The topological polar surface area (TPSA) is 449 Å². The van der Waals surface area contributed by atoms with Crippen LogP contribution in [-0.4, -0.2) is 202 Å². The van der Waals surface area contributed by atoms with Crippen LogP contribution in [0.4, 0.5) is 21.4 Å². The number of carbonyl (C=O) groups excluding carboxylic acids is 8. The summed E-state index contributed by atoms with van der Waals surface area (Å²) in [6.45, 7) is 2.20. The van der Waals surface area contributed by atoms with Crippen molar-refractivity contribution >= 4 is 89.5 Å². The Bertz CT molecular complexity index is 6280. The van der Waals surface area contributed by atoms with Gasteiger partial charge in [0.05, 0.1) is 53.1 Å². The van der Waals surface area contributed by atoms with Gasteiger partial charge in [-0.3, -0.25) is 61.8 Å². The molecule has 4 aliphatic rings. The van der Waals surface area contributed by atoms with Gasteiger partial charge in [0.25, 0.3) is 17.4 Å². The van der Waals surface area contributed by atoms with E-state index in [1.807, 2.05) is 152 Å². The number of H-pyrrole nitrogens is 1. The smallest absolute Gasteiger partial charge is 0.475 e. The van der Waals surface area contributed by atoms with Gasteiger partial charge in [0.15, 0.2) is 34.8 Å². The van der Waals surface area contributed by atoms with E-state index in [4.69, 9.17) is 61.2 Å². The van der Waals surface area contributed by atoms with Crippen LogP contribution in [0.1, 0.15) is 151 Å². The third-order valence-electron chi connectivity index (χ3n) is 24.1. The standard InChI is InChI=1S/C99H102N13O22P.H3N/c1-7-49-129-135(122,130-56-82-79(133-88(117)46-33-61(2)113)50-85(132-82)112-60-104-90-93(112)107-96(108-95(90)119)105-83(114)31-19-47-109(3)97(120)126-53-77-73-27-15-11-23-69(73)70-24-12-16-28-74(70)77)134-80-51-86(131-81(80)55-128-99(64-21-9-8-10-22-64,65-38-42-67(123-5)43-39-65)66-40-44-68(124-6)45-41-66)111-59-103-89-91(101-58-102-92(89)111)106-94(118)63-36-34-62(35-37-63)52-100-84(115)57-125-87(116)32-20-48-110(4)98(121)127-54-78-75-29-17-13-25-71(75)72-26-14-18-30-76(72)78;/h8-18,21-30,34-45,58-60,77-82,85-86H,7,19-20,31-33,46-57H2,1-6H3,(H,100,115)(H,101,102,106,118)(H2,105,107,108,114,119);1H3/t79?,80?,81-,82-,85-,86-,135?;/m1./s1. The number of ketones is 1. The summed E-state index contributed by atoms with van der Waals surface area (Å²) < 4.78 is 93.5. The summed E-state index contributed by atoms with van der Waals surface area (Å²) >= 11 is 0. The molecule has 12 aromatic rings. The molecule has 708 valence electrons. The molecule has 136 heavy (non-hydrogen) atoms. The zero-order chi connectivity index (χ0) is 94.3. The van der Waals surface area contributed by atoms with Crippen molar-refractivity contribution in [3.05, 3.63) is 280 Å². The van der Waals surface area contributed by atoms with Gasteiger partial charge in [-0.15, -0.1) is 0 Å². The van der Waals surface area contributed by atoms with Gasteiger partial charge in [0.2, 0.25) is 11.9 Å². The number of hydrogen-bond donors (Lipinski definition) is 5. The number of aromatic nitrogens is 8. The lowest BCUT2D eigenvalue weighted by Crippen LogP contribution is -2.38. The van der Waals surface area contributed by atoms with Crippen LogP contribution >= 0.6 is 7.82 Å². The van der Waals surface area contributed by atoms with Gasteiger partial charge in [-0.1, -0.05) is 171 Å². The molecule has 16 rings (SSSR count). The van der Waals surface area contributed by atoms with Gasteiger partial charge in [0.1, 0.15) is 79.3 Å². The highest BCUT2D eigenvalue weighted by molar-refractivity contribution is 7.48. The van der Waals surface area contributed by atoms with Crippen molar-refractivity contribution in [3.63, 3.8) is 0 Å². The molecule has 37 heteroatoms. The van der Waals surface area contributed by atoms with Crippen LogP contribution in [0, 0.1) is 0 Å². The first kappa shape index (κ1) is 96.3. The molecule has 0 radical (unpaired) electrons. The van der Waals surface area contributed by atoms with Crippen LogP contribution in [-0.2, 0) is 87.4 Å². The van der Waals surface area contributed by atoms with Gasteiger partial charge in [-0.05, 0) is 129 Å². The average Bonchev–Trinajstić information content (AvgIpc) is 1.08. The van der Waals surface area contributed by atoms with E-state index in [-0.39, 0.29) is 161 Å². The van der Waals surface area contributed by atoms with Crippen LogP contribution < -0.4 is 37.1 Å². The van der Waals surface area contributed by atoms with Crippen molar-refractivity contribution in [1.29, 1.82) is 0 Å². The highest BCUT2D eigenvalue weighted by Gasteiger charge is 2.49. The van der Waals surface area contributed by atoms with Crippen molar-refractivity contribution in [1.82, 2.24) is 60.3 Å². The number of imidazole rings is 2. The minimum Gasteiger partial charge on any atom is -0.497 e. The summed E-state index contributed by atoms with van der Waals surface area (Å²) in [6.07, 6.45) is -4.10. The monoisotopic (exact) mass is 1870 g/mol. The molecule has 0 bridgehead atoms. The summed E-state index contributed by atoms with van der Waals surface area (Å²) in [4.78, 5) is 148. The van der Waals surface area contributed by atoms with Crippen LogP contribution in [0.3, 0.4) is 0 Å². The van der Waals surface area contributed by atoms with Crippen molar-refractivity contribution in [2.75, 3.05) is 91.7 Å². The number of amides is 5. The number of methoxy groups -OCH3 is 2. The second kappa shape index (κ2) is 43.8. The molecular weight excluding hydrogens is 1770 g/mol. The van der Waals surface area contributed by atoms with Crippen LogP contribution in [0.15, 0.2) is 224 Å². The summed E-state index contributed by atoms with van der Waals surface area (Å²) in [6, 6.07) is 62.9. The fourth-order valence-corrected chi connectivity index (χ4v) is 18.7. The lowest BCUT2D eigenvalue weighted by Gasteiger charge is -2.37. The summed E-state index contributed by atoms with van der Waals surface area (Å²) in [5, 5.41) is 8.22. The molecule has 5 amide bonds. The van der Waals surface area contributed by atoms with Crippen LogP contribution in [0.5, 0.6) is 11.5 Å². The van der Waals surface area contributed by atoms with Crippen LogP contribution in [0.25, 0.3) is 44.6 Å². The highest BCUT2D eigenvalue weighted by Crippen LogP contribution is 2.55. The first-order chi connectivity index (χ1) is 65.5. The predicted molar refractivity (Wildman–Crippen MR) is 498 cm³/mol. The van der Waals surface area contributed by atoms with E-state index in [1.54, 1.807) is 64.1 Å². The molecule has 0 saturated carbocycles. The van der Waals surface area contributed by atoms with Crippen molar-refractivity contribution in [2.24, 2.45) is 0 Å². The van der Waals surface area contributed by atoms with Gasteiger partial charge in [-0.25, -0.2) is 34.1 Å². The lowest BCUT2D eigenvalue weighted by atomic mass is 9.80. The first-order valence-corrected chi connectivity index (χ1v) is 46.0. The van der Waals surface area contributed by atoms with E-state index in [0.29, 0.717) is 40.2 Å². The van der Waals surface area contributed by atoms with E-state index in [0.717, 1.165) is 44.5 Å². The number of esters is 2. The maximum atomic E-state index is 15.9. The average molecular weight is 1870 g/mol. The Morgan fingerprint density at radius 2 is 1.07 bits per heavy atom. The van der Waals surface area contributed by atoms with E-state index in [2.05, 4.69) is 65.1 Å². The third kappa shape index (κ3) is 22.1. The number of phosphoric acid groups is 1. The fourth-order valence-electron chi connectivity index (χ4n) is 17.2. The molecule has 2 saturated heterocycles. The molecule has 4 aromatic heterocycles. The quantitative estimate of drug-likeness (QED) is 0.0103. The Morgan fingerprint density at radius 1 is 0.544 bits per heavy atom. The van der Waals surface area contributed by atoms with Gasteiger partial charge in [-0.2, -0.15) is 4.98 Å².